The normalized spacial score (nSPS) is 12.4. The molecule has 0 aliphatic heterocycles. The fourth-order valence-corrected chi connectivity index (χ4v) is 3.46. The topological polar surface area (TPSA) is 34.4 Å². The van der Waals surface area contributed by atoms with Gasteiger partial charge in [0.05, 0.1) is 11.3 Å². The Balaban J connectivity index is 2.04. The van der Waals surface area contributed by atoms with Gasteiger partial charge in [0.1, 0.15) is 0 Å². The fraction of sp³-hybridized carbons (Fsp3) is 0.158. The number of carbonyl (C=O) groups is 1. The smallest absolute Gasteiger partial charge is 0.319 e. The van der Waals surface area contributed by atoms with Crippen LogP contribution in [0.5, 0.6) is 0 Å². The Morgan fingerprint density at radius 3 is 2.46 bits per heavy atom. The number of benzene rings is 2. The molecular weight excluding hydrogens is 361 g/mol. The van der Waals surface area contributed by atoms with Gasteiger partial charge in [-0.2, -0.15) is 18.2 Å². The number of hydrogen-bond acceptors (Lipinski definition) is 2. The van der Waals surface area contributed by atoms with Gasteiger partial charge in [0.2, 0.25) is 0 Å². The number of aryl methyl sites for hydroxylation is 1. The molecule has 1 aromatic heterocycles. The maximum Gasteiger partial charge on any atom is 0.416 e. The standard InChI is InChI=1S/C19H15F3N2OS/c1-12-8-14(10-15(9-12)19(20,21)22)16-11-26-18(24(16)2)23-17(25)13-6-4-3-5-7-13/h3-11H,1-2H3/b23-18+. The van der Waals surface area contributed by atoms with Crippen LogP contribution in [0.25, 0.3) is 11.3 Å². The Labute approximate surface area is 152 Å². The molecule has 0 saturated carbocycles. The van der Waals surface area contributed by atoms with Crippen LogP contribution < -0.4 is 4.80 Å². The molecule has 0 unspecified atom stereocenters. The van der Waals surface area contributed by atoms with Gasteiger partial charge in [-0.15, -0.1) is 11.3 Å². The van der Waals surface area contributed by atoms with E-state index in [1.54, 1.807) is 60.3 Å². The van der Waals surface area contributed by atoms with Gasteiger partial charge in [0, 0.05) is 18.0 Å². The lowest BCUT2D eigenvalue weighted by molar-refractivity contribution is -0.137. The first-order valence-corrected chi connectivity index (χ1v) is 8.61. The summed E-state index contributed by atoms with van der Waals surface area (Å²) in [5.74, 6) is -0.394. The summed E-state index contributed by atoms with van der Waals surface area (Å²) in [5, 5.41) is 1.70. The average Bonchev–Trinajstić information content (AvgIpc) is 2.95. The van der Waals surface area contributed by atoms with Crippen LogP contribution in [0.3, 0.4) is 0 Å². The third-order valence-corrected chi connectivity index (χ3v) is 4.76. The van der Waals surface area contributed by atoms with Gasteiger partial charge >= 0.3 is 6.18 Å². The third kappa shape index (κ3) is 3.77. The highest BCUT2D eigenvalue weighted by molar-refractivity contribution is 7.07. The lowest BCUT2D eigenvalue weighted by Gasteiger charge is -2.11. The zero-order valence-electron chi connectivity index (χ0n) is 14.0. The van der Waals surface area contributed by atoms with Crippen molar-refractivity contribution in [3.8, 4) is 11.3 Å². The van der Waals surface area contributed by atoms with Crippen LogP contribution in [0.1, 0.15) is 21.5 Å². The first-order valence-electron chi connectivity index (χ1n) is 7.73. The summed E-state index contributed by atoms with van der Waals surface area (Å²) in [5.41, 5.74) is 1.28. The summed E-state index contributed by atoms with van der Waals surface area (Å²) in [4.78, 5) is 16.7. The van der Waals surface area contributed by atoms with Gasteiger partial charge < -0.3 is 4.57 Å². The number of carbonyl (C=O) groups excluding carboxylic acids is 1. The van der Waals surface area contributed by atoms with Crippen molar-refractivity contribution in [2.45, 2.75) is 13.1 Å². The van der Waals surface area contributed by atoms with Gasteiger partial charge in [-0.1, -0.05) is 18.2 Å². The second-order valence-electron chi connectivity index (χ2n) is 5.83. The van der Waals surface area contributed by atoms with E-state index in [1.165, 1.54) is 11.3 Å². The molecule has 0 N–H and O–H groups in total. The first-order chi connectivity index (χ1) is 12.3. The number of hydrogen-bond donors (Lipinski definition) is 0. The molecule has 1 heterocycles. The number of amides is 1. The Kier molecular flexibility index (Phi) is 4.82. The molecule has 0 aliphatic carbocycles. The van der Waals surface area contributed by atoms with E-state index >= 15 is 0 Å². The van der Waals surface area contributed by atoms with Gasteiger partial charge in [0.25, 0.3) is 5.91 Å². The van der Waals surface area contributed by atoms with Crippen LogP contribution in [-0.2, 0) is 13.2 Å². The molecule has 3 rings (SSSR count). The number of nitrogens with zero attached hydrogens (tertiary/aromatic N) is 2. The Hall–Kier alpha value is -2.67. The van der Waals surface area contributed by atoms with Gasteiger partial charge in [-0.25, -0.2) is 0 Å². The van der Waals surface area contributed by atoms with Crippen LogP contribution in [0.2, 0.25) is 0 Å². The van der Waals surface area contributed by atoms with Crippen molar-refractivity contribution in [1.29, 1.82) is 0 Å². The third-order valence-electron chi connectivity index (χ3n) is 3.84. The Morgan fingerprint density at radius 2 is 1.81 bits per heavy atom. The van der Waals surface area contributed by atoms with Crippen LogP contribution in [0, 0.1) is 6.92 Å². The van der Waals surface area contributed by atoms with Crippen molar-refractivity contribution in [1.82, 2.24) is 4.57 Å². The molecule has 2 aromatic carbocycles. The molecule has 1 amide bonds. The number of rotatable bonds is 2. The van der Waals surface area contributed by atoms with Crippen LogP contribution in [-0.4, -0.2) is 10.5 Å². The Bertz CT molecular complexity index is 1020. The predicted octanol–water partition coefficient (Wildman–Crippen LogP) is 4.82. The lowest BCUT2D eigenvalue weighted by atomic mass is 10.0. The minimum atomic E-state index is -4.41. The zero-order valence-corrected chi connectivity index (χ0v) is 14.9. The summed E-state index contributed by atoms with van der Waals surface area (Å²) in [6.07, 6.45) is -4.41. The second-order valence-corrected chi connectivity index (χ2v) is 6.67. The average molecular weight is 376 g/mol. The summed E-state index contributed by atoms with van der Waals surface area (Å²) in [6, 6.07) is 12.5. The molecule has 3 nitrogen and oxygen atoms in total. The molecule has 26 heavy (non-hydrogen) atoms. The van der Waals surface area contributed by atoms with Crippen LogP contribution >= 0.6 is 11.3 Å². The number of alkyl halides is 3. The molecule has 0 fully saturated rings. The van der Waals surface area contributed by atoms with Crippen LogP contribution in [0.15, 0.2) is 58.9 Å². The van der Waals surface area contributed by atoms with E-state index in [4.69, 9.17) is 0 Å². The van der Waals surface area contributed by atoms with E-state index in [9.17, 15) is 18.0 Å². The molecule has 3 aromatic rings. The van der Waals surface area contributed by atoms with E-state index in [0.717, 1.165) is 12.1 Å². The van der Waals surface area contributed by atoms with Crippen molar-refractivity contribution >= 4 is 17.2 Å². The summed E-state index contributed by atoms with van der Waals surface area (Å²) in [7, 11) is 1.68. The van der Waals surface area contributed by atoms with E-state index < -0.39 is 17.6 Å². The molecule has 0 radical (unpaired) electrons. The van der Waals surface area contributed by atoms with E-state index in [-0.39, 0.29) is 0 Å². The van der Waals surface area contributed by atoms with Crippen molar-refractivity contribution in [2.24, 2.45) is 12.0 Å². The maximum absolute atomic E-state index is 13.1. The first kappa shape index (κ1) is 18.1. The summed E-state index contributed by atoms with van der Waals surface area (Å²) in [6.45, 7) is 1.62. The number of thiazole rings is 1. The molecule has 134 valence electrons. The molecule has 0 atom stereocenters. The monoisotopic (exact) mass is 376 g/mol. The largest absolute Gasteiger partial charge is 0.416 e. The second kappa shape index (κ2) is 6.92. The molecule has 0 bridgehead atoms. The highest BCUT2D eigenvalue weighted by atomic mass is 32.1. The quantitative estimate of drug-likeness (QED) is 0.631. The van der Waals surface area contributed by atoms with Crippen molar-refractivity contribution in [2.75, 3.05) is 0 Å². The van der Waals surface area contributed by atoms with E-state index in [2.05, 4.69) is 4.99 Å². The molecule has 7 heteroatoms. The lowest BCUT2D eigenvalue weighted by Crippen LogP contribution is -2.14. The fourth-order valence-electron chi connectivity index (χ4n) is 2.56. The van der Waals surface area contributed by atoms with E-state index in [1.807, 2.05) is 0 Å². The highest BCUT2D eigenvalue weighted by Crippen LogP contribution is 2.33. The zero-order chi connectivity index (χ0) is 18.9. The SMILES string of the molecule is Cc1cc(-c2cs/c(=N/C(=O)c3ccccc3)n2C)cc(C(F)(F)F)c1. The predicted molar refractivity (Wildman–Crippen MR) is 94.8 cm³/mol. The minimum Gasteiger partial charge on any atom is -0.319 e. The minimum absolute atomic E-state index is 0.394. The molecule has 0 saturated heterocycles. The Morgan fingerprint density at radius 1 is 1.12 bits per heavy atom. The van der Waals surface area contributed by atoms with E-state index in [0.29, 0.717) is 27.2 Å². The molecule has 0 aliphatic rings. The summed E-state index contributed by atoms with van der Waals surface area (Å²) < 4.78 is 40.8. The van der Waals surface area contributed by atoms with Crippen molar-refractivity contribution in [3.05, 3.63) is 75.4 Å². The van der Waals surface area contributed by atoms with Crippen LogP contribution in [0.4, 0.5) is 13.2 Å². The van der Waals surface area contributed by atoms with Crippen molar-refractivity contribution < 1.29 is 18.0 Å². The number of aromatic nitrogens is 1. The maximum atomic E-state index is 13.1. The van der Waals surface area contributed by atoms with Gasteiger partial charge in [-0.05, 0) is 48.4 Å². The highest BCUT2D eigenvalue weighted by Gasteiger charge is 2.31. The number of halogens is 3. The summed E-state index contributed by atoms with van der Waals surface area (Å²) >= 11 is 1.21. The molecule has 0 spiro atoms. The molecular formula is C19H15F3N2OS. The van der Waals surface area contributed by atoms with Gasteiger partial charge in [0.15, 0.2) is 4.80 Å². The van der Waals surface area contributed by atoms with Crippen molar-refractivity contribution in [3.63, 3.8) is 0 Å². The van der Waals surface area contributed by atoms with Gasteiger partial charge in [-0.3, -0.25) is 4.79 Å².